The molecule has 3 rings (SSSR count). The van der Waals surface area contributed by atoms with Crippen molar-refractivity contribution in [1.82, 2.24) is 5.32 Å². The molecule has 1 aromatic carbocycles. The van der Waals surface area contributed by atoms with Crippen LogP contribution in [0, 0.1) is 0 Å². The van der Waals surface area contributed by atoms with E-state index in [1.165, 1.54) is 11.1 Å². The minimum Gasteiger partial charge on any atom is -0.469 e. The zero-order chi connectivity index (χ0) is 14.5. The average molecular weight is 285 g/mol. The van der Waals surface area contributed by atoms with Gasteiger partial charge in [0, 0.05) is 12.5 Å². The van der Waals surface area contributed by atoms with Gasteiger partial charge < -0.3 is 14.5 Å². The van der Waals surface area contributed by atoms with Crippen molar-refractivity contribution in [3.05, 3.63) is 59.5 Å². The van der Waals surface area contributed by atoms with Gasteiger partial charge in [0.1, 0.15) is 5.76 Å². The van der Waals surface area contributed by atoms with E-state index >= 15 is 0 Å². The lowest BCUT2D eigenvalue weighted by Crippen LogP contribution is -2.30. The summed E-state index contributed by atoms with van der Waals surface area (Å²) in [5, 5.41) is 3.42. The highest BCUT2D eigenvalue weighted by atomic mass is 16.5. The molecule has 2 atom stereocenters. The number of furan rings is 1. The summed E-state index contributed by atoms with van der Waals surface area (Å²) in [6.07, 6.45) is 6.02. The molecular formula is C18H23NO2. The Morgan fingerprint density at radius 1 is 1.24 bits per heavy atom. The highest BCUT2D eigenvalue weighted by molar-refractivity contribution is 5.31. The topological polar surface area (TPSA) is 34.4 Å². The fourth-order valence-electron chi connectivity index (χ4n) is 3.08. The van der Waals surface area contributed by atoms with E-state index in [1.54, 1.807) is 6.26 Å². The van der Waals surface area contributed by atoms with Gasteiger partial charge in [0.15, 0.2) is 0 Å². The first-order valence-electron chi connectivity index (χ1n) is 7.76. The third-order valence-electron chi connectivity index (χ3n) is 4.32. The Labute approximate surface area is 126 Å². The summed E-state index contributed by atoms with van der Waals surface area (Å²) in [6, 6.07) is 13.1. The second-order valence-electron chi connectivity index (χ2n) is 5.65. The summed E-state index contributed by atoms with van der Waals surface area (Å²) in [5.41, 5.74) is 2.80. The number of hydrogen-bond acceptors (Lipinski definition) is 3. The Balaban J connectivity index is 1.62. The van der Waals surface area contributed by atoms with Crippen molar-refractivity contribution >= 4 is 0 Å². The van der Waals surface area contributed by atoms with Crippen molar-refractivity contribution in [2.75, 3.05) is 13.7 Å². The third kappa shape index (κ3) is 3.55. The van der Waals surface area contributed by atoms with Crippen LogP contribution in [-0.2, 0) is 17.6 Å². The van der Waals surface area contributed by atoms with E-state index in [0.717, 1.165) is 38.1 Å². The van der Waals surface area contributed by atoms with Gasteiger partial charge in [-0.3, -0.25) is 0 Å². The second-order valence-corrected chi connectivity index (χ2v) is 5.65. The van der Waals surface area contributed by atoms with E-state index in [9.17, 15) is 0 Å². The van der Waals surface area contributed by atoms with Crippen LogP contribution in [0.3, 0.4) is 0 Å². The van der Waals surface area contributed by atoms with Gasteiger partial charge in [-0.15, -0.1) is 0 Å². The summed E-state index contributed by atoms with van der Waals surface area (Å²) in [4.78, 5) is 0. The maximum absolute atomic E-state index is 6.01. The van der Waals surface area contributed by atoms with Crippen LogP contribution in [0.1, 0.15) is 35.8 Å². The summed E-state index contributed by atoms with van der Waals surface area (Å²) < 4.78 is 11.4. The number of nitrogens with one attached hydrogen (secondary N) is 1. The standard InChI is InChI=1S/C18H23NO2/c1-19-15(8-9-16-6-4-11-20-16)13-18-17-7-3-2-5-14(17)10-12-21-18/h2-7,11,15,18-19H,8-10,12-13H2,1H3. The number of benzene rings is 1. The molecule has 0 fully saturated rings. The van der Waals surface area contributed by atoms with Crippen molar-refractivity contribution in [3.63, 3.8) is 0 Å². The molecule has 3 nitrogen and oxygen atoms in total. The van der Waals surface area contributed by atoms with Crippen molar-refractivity contribution in [3.8, 4) is 0 Å². The number of ether oxygens (including phenoxy) is 1. The van der Waals surface area contributed by atoms with Gasteiger partial charge >= 0.3 is 0 Å². The molecule has 1 aliphatic heterocycles. The van der Waals surface area contributed by atoms with Crippen molar-refractivity contribution in [2.24, 2.45) is 0 Å². The fourth-order valence-corrected chi connectivity index (χ4v) is 3.08. The van der Waals surface area contributed by atoms with Gasteiger partial charge in [0.25, 0.3) is 0 Å². The molecule has 0 saturated carbocycles. The lowest BCUT2D eigenvalue weighted by Gasteiger charge is -2.29. The van der Waals surface area contributed by atoms with Gasteiger partial charge in [0.05, 0.1) is 19.0 Å². The molecule has 1 aromatic heterocycles. The second kappa shape index (κ2) is 6.92. The summed E-state index contributed by atoms with van der Waals surface area (Å²) in [5.74, 6) is 1.06. The maximum atomic E-state index is 6.01. The van der Waals surface area contributed by atoms with Gasteiger partial charge in [-0.2, -0.15) is 0 Å². The van der Waals surface area contributed by atoms with E-state index in [2.05, 4.69) is 29.6 Å². The predicted molar refractivity (Wildman–Crippen MR) is 83.3 cm³/mol. The smallest absolute Gasteiger partial charge is 0.103 e. The SMILES string of the molecule is CNC(CCc1ccco1)CC1OCCc2ccccc21. The Kier molecular flexibility index (Phi) is 4.73. The lowest BCUT2D eigenvalue weighted by atomic mass is 9.92. The Hall–Kier alpha value is -1.58. The summed E-state index contributed by atoms with van der Waals surface area (Å²) in [7, 11) is 2.03. The number of fused-ring (bicyclic) bond motifs is 1. The van der Waals surface area contributed by atoms with Crippen molar-refractivity contribution in [2.45, 2.75) is 37.8 Å². The first-order valence-corrected chi connectivity index (χ1v) is 7.76. The molecule has 0 spiro atoms. The Morgan fingerprint density at radius 3 is 2.95 bits per heavy atom. The minimum atomic E-state index is 0.212. The Bertz CT molecular complexity index is 550. The molecular weight excluding hydrogens is 262 g/mol. The Morgan fingerprint density at radius 2 is 2.14 bits per heavy atom. The van der Waals surface area contributed by atoms with Crippen LogP contribution in [0.15, 0.2) is 47.1 Å². The number of aryl methyl sites for hydroxylation is 1. The van der Waals surface area contributed by atoms with Crippen molar-refractivity contribution < 1.29 is 9.15 Å². The lowest BCUT2D eigenvalue weighted by molar-refractivity contribution is 0.0293. The minimum absolute atomic E-state index is 0.212. The first kappa shape index (κ1) is 14.4. The normalized spacial score (nSPS) is 19.2. The van der Waals surface area contributed by atoms with E-state index < -0.39 is 0 Å². The molecule has 0 radical (unpaired) electrons. The summed E-state index contributed by atoms with van der Waals surface area (Å²) >= 11 is 0. The molecule has 21 heavy (non-hydrogen) atoms. The third-order valence-corrected chi connectivity index (χ3v) is 4.32. The molecule has 112 valence electrons. The van der Waals surface area contributed by atoms with E-state index in [1.807, 2.05) is 19.2 Å². The van der Waals surface area contributed by atoms with Gasteiger partial charge in [-0.1, -0.05) is 24.3 Å². The van der Waals surface area contributed by atoms with E-state index in [-0.39, 0.29) is 6.10 Å². The van der Waals surface area contributed by atoms with Crippen LogP contribution >= 0.6 is 0 Å². The predicted octanol–water partition coefficient (Wildman–Crippen LogP) is 3.50. The highest BCUT2D eigenvalue weighted by Crippen LogP contribution is 2.31. The van der Waals surface area contributed by atoms with Crippen LogP contribution in [0.4, 0.5) is 0 Å². The fraction of sp³-hybridized carbons (Fsp3) is 0.444. The average Bonchev–Trinajstić information content (AvgIpc) is 3.05. The molecule has 0 bridgehead atoms. The zero-order valence-electron chi connectivity index (χ0n) is 12.5. The molecule has 3 heteroatoms. The molecule has 1 N–H and O–H groups in total. The quantitative estimate of drug-likeness (QED) is 0.882. The molecule has 1 aliphatic rings. The van der Waals surface area contributed by atoms with Gasteiger partial charge in [-0.05, 0) is 49.6 Å². The zero-order valence-corrected chi connectivity index (χ0v) is 12.5. The largest absolute Gasteiger partial charge is 0.469 e. The maximum Gasteiger partial charge on any atom is 0.103 e. The monoisotopic (exact) mass is 285 g/mol. The number of hydrogen-bond donors (Lipinski definition) is 1. The van der Waals surface area contributed by atoms with Gasteiger partial charge in [0.2, 0.25) is 0 Å². The molecule has 0 saturated heterocycles. The number of rotatable bonds is 6. The molecule has 0 aliphatic carbocycles. The molecule has 2 unspecified atom stereocenters. The van der Waals surface area contributed by atoms with E-state index in [0.29, 0.717) is 6.04 Å². The highest BCUT2D eigenvalue weighted by Gasteiger charge is 2.23. The van der Waals surface area contributed by atoms with Crippen molar-refractivity contribution in [1.29, 1.82) is 0 Å². The molecule has 0 amide bonds. The summed E-state index contributed by atoms with van der Waals surface area (Å²) in [6.45, 7) is 0.830. The van der Waals surface area contributed by atoms with Crippen LogP contribution < -0.4 is 5.32 Å². The van der Waals surface area contributed by atoms with Crippen LogP contribution in [0.25, 0.3) is 0 Å². The van der Waals surface area contributed by atoms with Crippen LogP contribution in [0.2, 0.25) is 0 Å². The van der Waals surface area contributed by atoms with Gasteiger partial charge in [-0.25, -0.2) is 0 Å². The van der Waals surface area contributed by atoms with E-state index in [4.69, 9.17) is 9.15 Å². The molecule has 2 aromatic rings. The molecule has 2 heterocycles. The van der Waals surface area contributed by atoms with Crippen LogP contribution in [-0.4, -0.2) is 19.7 Å². The van der Waals surface area contributed by atoms with Crippen LogP contribution in [0.5, 0.6) is 0 Å². The first-order chi connectivity index (χ1) is 10.4.